The van der Waals surface area contributed by atoms with Crippen LogP contribution in [0.5, 0.6) is 0 Å². The highest BCUT2D eigenvalue weighted by Crippen LogP contribution is 2.46. The van der Waals surface area contributed by atoms with Crippen LogP contribution in [0.2, 0.25) is 0 Å². The molecule has 0 amide bonds. The first-order valence-corrected chi connectivity index (χ1v) is 40.7. The first-order chi connectivity index (χ1) is 53.8. The molecule has 0 aliphatic carbocycles. The Morgan fingerprint density at radius 2 is 1.17 bits per heavy atom. The topological polar surface area (TPSA) is 390 Å². The summed E-state index contributed by atoms with van der Waals surface area (Å²) in [5, 5.41) is 34.6. The van der Waals surface area contributed by atoms with Gasteiger partial charge in [0.2, 0.25) is 0 Å². The fourth-order valence-corrected chi connectivity index (χ4v) is 17.0. The number of aliphatic hydroxyl groups excluding tert-OH is 2. The standard InChI is InChI=1S/C42H69NO15.C41H67NO15/c1-23(2)19-32(47)56-40-27(6)53-34(22-42(40,8)50)57-37-26(5)54-41(36(49)35(37)43(9)10)58-38-29(17-18-44)20-24(3)30(46)16-14-12-13-15-25(4)52-33(48)21-31(39(38)51-11)55-28(7)45;1-19-17-41(18-49-41)38(46)23(5)34(53-27(9)43)21(3)25(7)52-39(47)24(6)35(56-32-16-31(48-14)36(26(8)51-32)54-28(10)44)22(4)33(19)57-40-37(55-29(11)45)30(42(12)13)15-20(2)50-40/h12-14,16,18,23-27,29-31,34-41,46,49-50H,15,17,19-22H2,1-11H3;19-26,30-37,40H,15-18H2,1-14H3/b13-12+,16-14+;/t24-,25-,26-,27+,29+,30+,31-,34+,35-,36-,37-,38+,39+,40+,41+,42-;19-,20+,21-,22+,23+,24+,25+,26-,30-,31-,32-,33-,34-,35-,36-,37+,40-,41+/m10/s1. The average molecular weight is 1640 g/mol. The van der Waals surface area contributed by atoms with Crippen molar-refractivity contribution in [2.75, 3.05) is 49.0 Å². The van der Waals surface area contributed by atoms with E-state index in [1.54, 1.807) is 106 Å². The van der Waals surface area contributed by atoms with Crippen LogP contribution in [0.15, 0.2) is 24.3 Å². The lowest BCUT2D eigenvalue weighted by Gasteiger charge is -2.50. The van der Waals surface area contributed by atoms with Gasteiger partial charge in [0.1, 0.15) is 60.7 Å². The van der Waals surface area contributed by atoms with Crippen molar-refractivity contribution in [2.24, 2.45) is 47.3 Å². The van der Waals surface area contributed by atoms with Crippen molar-refractivity contribution in [2.45, 2.75) is 354 Å². The fraction of sp³-hybridized carbons (Fsp3) is 0.843. The third-order valence-electron chi connectivity index (χ3n) is 23.1. The molecule has 0 bridgehead atoms. The number of ether oxygens (including phenoxy) is 18. The van der Waals surface area contributed by atoms with Crippen molar-refractivity contribution in [3.8, 4) is 0 Å². The molecule has 34 atom stereocenters. The predicted molar refractivity (Wildman–Crippen MR) is 412 cm³/mol. The smallest absolute Gasteiger partial charge is 0.311 e. The van der Waals surface area contributed by atoms with Crippen molar-refractivity contribution in [3.63, 3.8) is 0 Å². The molecule has 7 aliphatic heterocycles. The molecule has 0 saturated carbocycles. The predicted octanol–water partition coefficient (Wildman–Crippen LogP) is 6.63. The molecule has 6 fully saturated rings. The summed E-state index contributed by atoms with van der Waals surface area (Å²) >= 11 is 0. The molecule has 0 aromatic rings. The summed E-state index contributed by atoms with van der Waals surface area (Å²) in [6.07, 6.45) is -11.5. The largest absolute Gasteiger partial charge is 0.462 e. The lowest BCUT2D eigenvalue weighted by atomic mass is 9.76. The van der Waals surface area contributed by atoms with Gasteiger partial charge in [0.25, 0.3) is 0 Å². The summed E-state index contributed by atoms with van der Waals surface area (Å²) in [4.78, 5) is 120. The second kappa shape index (κ2) is 44.1. The number of likely N-dealkylation sites (N-methyl/N-ethyl adjacent to an activating group) is 2. The van der Waals surface area contributed by atoms with Crippen LogP contribution >= 0.6 is 0 Å². The van der Waals surface area contributed by atoms with Crippen LogP contribution < -0.4 is 0 Å². The molecule has 0 unspecified atom stereocenters. The van der Waals surface area contributed by atoms with Gasteiger partial charge in [0.15, 0.2) is 54.9 Å². The Hall–Kier alpha value is -5.53. The van der Waals surface area contributed by atoms with E-state index in [-0.39, 0.29) is 69.0 Å². The van der Waals surface area contributed by atoms with Crippen molar-refractivity contribution < 1.29 is 144 Å². The van der Waals surface area contributed by atoms with E-state index in [1.165, 1.54) is 41.9 Å². The SMILES string of the molecule is CO[C@@H]1[C@@H](O[C@@H]2O[C@H](C)[C@@H](O[C@H]3C[C@@](C)(O)[C@@H](OC(=O)CC(C)C)[C@H](C)O3)[C@H](N(C)C)[C@H]2O)[C@@H](CC=O)C[C@@H](C)[C@@H](O)/C=C/C=C/C[C@@H](C)OC(=O)C[C@H]1OC(C)=O.CO[C@H]1C[C@H](O[C@H]2[C@H](C)[C@@H](O[C@@H]3O[C@H](C)C[C@H](N(C)C)[C@H]3OC(C)=O)[C@@H](C)C[C@@]3(CO3)C(=O)[C@H](C)[C@@H](OC(C)=O)[C@@H](C)[C@@H](C)OC(=O)[C@@H]2C)O[C@@H](C)[C@@H]1OC(C)=O. The van der Waals surface area contributed by atoms with Gasteiger partial charge < -0.3 is 115 Å². The molecule has 115 heavy (non-hydrogen) atoms. The Labute approximate surface area is 679 Å². The summed E-state index contributed by atoms with van der Waals surface area (Å²) in [7, 11) is 10.2. The lowest BCUT2D eigenvalue weighted by Crippen LogP contribution is -2.66. The number of nitrogens with zero attached hydrogens (tertiary/aromatic N) is 2. The maximum Gasteiger partial charge on any atom is 0.311 e. The van der Waals surface area contributed by atoms with Crippen LogP contribution in [-0.2, 0) is 128 Å². The first kappa shape index (κ1) is 98.3. The highest BCUT2D eigenvalue weighted by Gasteiger charge is 2.59. The minimum absolute atomic E-state index is 0.0460. The molecule has 0 aromatic heterocycles. The van der Waals surface area contributed by atoms with E-state index in [0.29, 0.717) is 19.1 Å². The Morgan fingerprint density at radius 3 is 1.74 bits per heavy atom. The Balaban J connectivity index is 0.000000358. The zero-order valence-corrected chi connectivity index (χ0v) is 72.3. The molecule has 32 heteroatoms. The number of allylic oxidation sites excluding steroid dienone is 2. The Morgan fingerprint density at radius 1 is 0.583 bits per heavy atom. The Kier molecular flexibility index (Phi) is 37.7. The van der Waals surface area contributed by atoms with Gasteiger partial charge in [-0.3, -0.25) is 38.4 Å². The number of esters is 7. The number of ketones is 1. The monoisotopic (exact) mass is 1640 g/mol. The molecule has 7 heterocycles. The maximum atomic E-state index is 14.4. The second-order valence-electron chi connectivity index (χ2n) is 34.0. The molecular formula is C83H136N2O30. The quantitative estimate of drug-likeness (QED) is 0.0469. The Bertz CT molecular complexity index is 3220. The molecule has 7 rings (SSSR count). The van der Waals surface area contributed by atoms with Crippen LogP contribution in [-0.4, -0.2) is 292 Å². The van der Waals surface area contributed by atoms with Crippen LogP contribution in [0.25, 0.3) is 0 Å². The highest BCUT2D eigenvalue weighted by atomic mass is 16.7. The number of carbonyl (C=O) groups is 9. The summed E-state index contributed by atoms with van der Waals surface area (Å²) < 4.78 is 110. The molecule has 3 N–H and O–H groups in total. The van der Waals surface area contributed by atoms with E-state index in [2.05, 4.69) is 0 Å². The second-order valence-corrected chi connectivity index (χ2v) is 34.0. The number of aliphatic hydroxyl groups is 3. The third kappa shape index (κ3) is 27.2. The summed E-state index contributed by atoms with van der Waals surface area (Å²) in [5.41, 5.74) is -2.69. The molecule has 658 valence electrons. The van der Waals surface area contributed by atoms with Crippen LogP contribution in [0.4, 0.5) is 0 Å². The number of cyclic esters (lactones) is 2. The van der Waals surface area contributed by atoms with Crippen molar-refractivity contribution in [3.05, 3.63) is 24.3 Å². The number of hydrogen-bond donors (Lipinski definition) is 3. The number of methoxy groups -OCH3 is 2. The van der Waals surface area contributed by atoms with Crippen LogP contribution in [0.1, 0.15) is 189 Å². The third-order valence-corrected chi connectivity index (χ3v) is 23.1. The van der Waals surface area contributed by atoms with Crippen molar-refractivity contribution in [1.82, 2.24) is 9.80 Å². The van der Waals surface area contributed by atoms with Gasteiger partial charge in [-0.1, -0.05) is 72.8 Å². The van der Waals surface area contributed by atoms with E-state index in [1.807, 2.05) is 60.5 Å². The van der Waals surface area contributed by atoms with E-state index >= 15 is 0 Å². The molecule has 0 aromatic carbocycles. The van der Waals surface area contributed by atoms with E-state index in [4.69, 9.17) is 85.3 Å². The van der Waals surface area contributed by atoms with E-state index in [0.717, 1.165) is 0 Å². The highest BCUT2D eigenvalue weighted by molar-refractivity contribution is 5.92. The van der Waals surface area contributed by atoms with Gasteiger partial charge in [-0.25, -0.2) is 0 Å². The first-order valence-electron chi connectivity index (χ1n) is 40.7. The maximum absolute atomic E-state index is 14.4. The van der Waals surface area contributed by atoms with Gasteiger partial charge >= 0.3 is 41.8 Å². The number of carbonyl (C=O) groups excluding carboxylic acids is 9. The summed E-state index contributed by atoms with van der Waals surface area (Å²) in [5.74, 6) is -8.51. The molecular weight excluding hydrogens is 1500 g/mol. The van der Waals surface area contributed by atoms with Gasteiger partial charge in [0, 0.05) is 85.9 Å². The number of Topliss-reactive ketones (excluding diaryl/α,β-unsaturated/α-hetero) is 1. The van der Waals surface area contributed by atoms with E-state index in [9.17, 15) is 58.5 Å². The molecule has 6 saturated heterocycles. The molecule has 1 spiro atoms. The van der Waals surface area contributed by atoms with Gasteiger partial charge in [-0.15, -0.1) is 0 Å². The minimum Gasteiger partial charge on any atom is -0.462 e. The summed E-state index contributed by atoms with van der Waals surface area (Å²) in [6.45, 7) is 32.0. The van der Waals surface area contributed by atoms with Crippen molar-refractivity contribution in [1.29, 1.82) is 0 Å². The minimum atomic E-state index is -1.50. The van der Waals surface area contributed by atoms with Gasteiger partial charge in [-0.2, -0.15) is 0 Å². The fourth-order valence-electron chi connectivity index (χ4n) is 17.0. The van der Waals surface area contributed by atoms with Crippen LogP contribution in [0.3, 0.4) is 0 Å². The molecule has 7 aliphatic rings. The van der Waals surface area contributed by atoms with Crippen molar-refractivity contribution >= 4 is 53.9 Å². The molecule has 32 nitrogen and oxygen atoms in total. The zero-order chi connectivity index (χ0) is 86.2. The van der Waals surface area contributed by atoms with Gasteiger partial charge in [-0.05, 0) is 127 Å². The molecule has 0 radical (unpaired) electrons. The number of aldehydes is 1. The zero-order valence-electron chi connectivity index (χ0n) is 72.3. The summed E-state index contributed by atoms with van der Waals surface area (Å²) in [6, 6.07) is -1.03. The number of epoxide rings is 1. The lowest BCUT2D eigenvalue weighted by molar-refractivity contribution is -0.344. The van der Waals surface area contributed by atoms with Crippen LogP contribution in [0, 0.1) is 47.3 Å². The normalized spacial score (nSPS) is 42.1. The van der Waals surface area contributed by atoms with Gasteiger partial charge in [0.05, 0.1) is 85.8 Å². The van der Waals surface area contributed by atoms with E-state index < -0.39 is 242 Å². The number of hydrogen-bond acceptors (Lipinski definition) is 32. The average Bonchev–Trinajstić information content (AvgIpc) is 1.70. The number of rotatable bonds is 21.